The minimum absolute atomic E-state index is 0.0509. The van der Waals surface area contributed by atoms with Crippen LogP contribution in [0.2, 0.25) is 5.02 Å². The highest BCUT2D eigenvalue weighted by Gasteiger charge is 2.32. The quantitative estimate of drug-likeness (QED) is 0.843. The summed E-state index contributed by atoms with van der Waals surface area (Å²) >= 11 is 6.05. The number of likely N-dealkylation sites (tertiary alicyclic amines) is 1. The lowest BCUT2D eigenvalue weighted by Gasteiger charge is -2.33. The summed E-state index contributed by atoms with van der Waals surface area (Å²) in [6, 6.07) is 5.95. The minimum Gasteiger partial charge on any atom is -0.444 e. The summed E-state index contributed by atoms with van der Waals surface area (Å²) in [5, 5.41) is 3.93. The summed E-state index contributed by atoms with van der Waals surface area (Å²) in [5.41, 5.74) is 1.90. The number of carbonyl (C=O) groups excluding carboxylic acids is 2. The van der Waals surface area contributed by atoms with Gasteiger partial charge in [0.2, 0.25) is 5.91 Å². The number of piperidine rings is 1. The number of benzene rings is 1. The third kappa shape index (κ3) is 4.50. The predicted octanol–water partition coefficient (Wildman–Crippen LogP) is 4.09. The lowest BCUT2D eigenvalue weighted by molar-refractivity contribution is -0.127. The molecule has 1 aromatic rings. The van der Waals surface area contributed by atoms with Crippen LogP contribution in [0, 0.1) is 5.92 Å². The van der Waals surface area contributed by atoms with E-state index in [1.165, 1.54) is 11.1 Å². The molecule has 1 N–H and O–H groups in total. The average molecular weight is 379 g/mol. The monoisotopic (exact) mass is 378 g/mol. The Morgan fingerprint density at radius 2 is 1.88 bits per heavy atom. The molecule has 0 aromatic heterocycles. The maximum atomic E-state index is 12.7. The van der Waals surface area contributed by atoms with Gasteiger partial charge in [0.1, 0.15) is 5.60 Å². The molecule has 3 rings (SSSR count). The van der Waals surface area contributed by atoms with Crippen LogP contribution in [-0.4, -0.2) is 35.6 Å². The van der Waals surface area contributed by atoms with Crippen molar-refractivity contribution >= 4 is 23.6 Å². The van der Waals surface area contributed by atoms with Gasteiger partial charge in [0.25, 0.3) is 0 Å². The molecule has 2 aliphatic rings. The lowest BCUT2D eigenvalue weighted by Crippen LogP contribution is -2.45. The van der Waals surface area contributed by atoms with Gasteiger partial charge in [-0.1, -0.05) is 17.7 Å². The Hall–Kier alpha value is -1.75. The third-order valence-corrected chi connectivity index (χ3v) is 5.25. The summed E-state index contributed by atoms with van der Waals surface area (Å²) in [7, 11) is 0. The highest BCUT2D eigenvalue weighted by atomic mass is 35.5. The topological polar surface area (TPSA) is 58.6 Å². The van der Waals surface area contributed by atoms with Crippen LogP contribution in [0.3, 0.4) is 0 Å². The second kappa shape index (κ2) is 7.47. The second-order valence-corrected chi connectivity index (χ2v) is 8.62. The summed E-state index contributed by atoms with van der Waals surface area (Å²) in [6.45, 7) is 6.70. The van der Waals surface area contributed by atoms with E-state index in [0.29, 0.717) is 25.9 Å². The Balaban J connectivity index is 1.51. The van der Waals surface area contributed by atoms with Gasteiger partial charge in [-0.2, -0.15) is 0 Å². The van der Waals surface area contributed by atoms with Gasteiger partial charge in [0.15, 0.2) is 0 Å². The molecule has 142 valence electrons. The van der Waals surface area contributed by atoms with Crippen LogP contribution in [-0.2, 0) is 16.0 Å². The zero-order valence-corrected chi connectivity index (χ0v) is 16.4. The number of amides is 2. The van der Waals surface area contributed by atoms with Crippen LogP contribution in [0.25, 0.3) is 0 Å². The van der Waals surface area contributed by atoms with E-state index in [1.54, 1.807) is 4.90 Å². The number of nitrogens with one attached hydrogen (secondary N) is 1. The molecule has 1 unspecified atom stereocenters. The molecule has 2 amide bonds. The van der Waals surface area contributed by atoms with Crippen molar-refractivity contribution in [1.29, 1.82) is 0 Å². The van der Waals surface area contributed by atoms with Crippen molar-refractivity contribution in [2.45, 2.75) is 58.1 Å². The first kappa shape index (κ1) is 19.0. The Morgan fingerprint density at radius 3 is 2.54 bits per heavy atom. The zero-order valence-electron chi connectivity index (χ0n) is 15.7. The second-order valence-electron chi connectivity index (χ2n) is 8.18. The standard InChI is InChI=1S/C20H27ClN2O3/c1-20(2,3)26-19(25)23-10-8-13(9-11-23)18(24)22-17-7-4-14-12-15(21)5-6-16(14)17/h5-6,12-13,17H,4,7-11H2,1-3H3,(H,22,24). The number of carbonyl (C=O) groups is 2. The lowest BCUT2D eigenvalue weighted by atomic mass is 9.95. The fourth-order valence-corrected chi connectivity index (χ4v) is 3.87. The van der Waals surface area contributed by atoms with Crippen molar-refractivity contribution in [3.05, 3.63) is 34.3 Å². The van der Waals surface area contributed by atoms with E-state index in [1.807, 2.05) is 39.0 Å². The van der Waals surface area contributed by atoms with Crippen molar-refractivity contribution in [3.63, 3.8) is 0 Å². The SMILES string of the molecule is CC(C)(C)OC(=O)N1CCC(C(=O)NC2CCc3cc(Cl)ccc32)CC1. The maximum Gasteiger partial charge on any atom is 0.410 e. The molecule has 0 radical (unpaired) electrons. The fourth-order valence-electron chi connectivity index (χ4n) is 3.68. The van der Waals surface area contributed by atoms with Crippen molar-refractivity contribution in [2.24, 2.45) is 5.92 Å². The smallest absolute Gasteiger partial charge is 0.410 e. The van der Waals surface area contributed by atoms with Crippen LogP contribution in [0.15, 0.2) is 18.2 Å². The normalized spacial score (nSPS) is 20.6. The van der Waals surface area contributed by atoms with Gasteiger partial charge in [0, 0.05) is 24.0 Å². The first-order valence-corrected chi connectivity index (χ1v) is 9.67. The van der Waals surface area contributed by atoms with E-state index in [-0.39, 0.29) is 24.0 Å². The van der Waals surface area contributed by atoms with E-state index in [4.69, 9.17) is 16.3 Å². The van der Waals surface area contributed by atoms with Gasteiger partial charge in [-0.15, -0.1) is 0 Å². The highest BCUT2D eigenvalue weighted by Crippen LogP contribution is 2.33. The van der Waals surface area contributed by atoms with Gasteiger partial charge in [-0.05, 0) is 69.7 Å². The molecule has 1 atom stereocenters. The molecule has 1 aliphatic heterocycles. The zero-order chi connectivity index (χ0) is 18.9. The largest absolute Gasteiger partial charge is 0.444 e. The van der Waals surface area contributed by atoms with E-state index in [0.717, 1.165) is 17.9 Å². The van der Waals surface area contributed by atoms with Crippen molar-refractivity contribution in [1.82, 2.24) is 10.2 Å². The summed E-state index contributed by atoms with van der Waals surface area (Å²) in [4.78, 5) is 26.5. The molecule has 6 heteroatoms. The fraction of sp³-hybridized carbons (Fsp3) is 0.600. The van der Waals surface area contributed by atoms with Crippen molar-refractivity contribution < 1.29 is 14.3 Å². The molecule has 1 fully saturated rings. The molecule has 1 heterocycles. The molecule has 0 bridgehead atoms. The van der Waals surface area contributed by atoms with Crippen LogP contribution in [0.4, 0.5) is 4.79 Å². The maximum absolute atomic E-state index is 12.7. The number of fused-ring (bicyclic) bond motifs is 1. The molecule has 1 saturated heterocycles. The molecular weight excluding hydrogens is 352 g/mol. The summed E-state index contributed by atoms with van der Waals surface area (Å²) < 4.78 is 5.40. The number of ether oxygens (including phenoxy) is 1. The molecule has 1 aromatic carbocycles. The van der Waals surface area contributed by atoms with Crippen molar-refractivity contribution in [2.75, 3.05) is 13.1 Å². The molecular formula is C20H27ClN2O3. The molecule has 0 spiro atoms. The van der Waals surface area contributed by atoms with E-state index >= 15 is 0 Å². The minimum atomic E-state index is -0.496. The third-order valence-electron chi connectivity index (χ3n) is 5.02. The number of hydrogen-bond donors (Lipinski definition) is 1. The first-order valence-electron chi connectivity index (χ1n) is 9.29. The Labute approximate surface area is 160 Å². The van der Waals surface area contributed by atoms with Crippen LogP contribution in [0.5, 0.6) is 0 Å². The average Bonchev–Trinajstić information content (AvgIpc) is 2.95. The summed E-state index contributed by atoms with van der Waals surface area (Å²) in [5.74, 6) is 0.0340. The molecule has 1 aliphatic carbocycles. The van der Waals surface area contributed by atoms with Crippen LogP contribution in [0.1, 0.15) is 57.2 Å². The van der Waals surface area contributed by atoms with Gasteiger partial charge in [-0.3, -0.25) is 4.79 Å². The number of halogens is 1. The number of nitrogens with zero attached hydrogens (tertiary/aromatic N) is 1. The Bertz CT molecular complexity index is 691. The van der Waals surface area contributed by atoms with Gasteiger partial charge < -0.3 is 15.0 Å². The molecule has 0 saturated carbocycles. The van der Waals surface area contributed by atoms with Gasteiger partial charge in [0.05, 0.1) is 6.04 Å². The molecule has 5 nitrogen and oxygen atoms in total. The van der Waals surface area contributed by atoms with Gasteiger partial charge >= 0.3 is 6.09 Å². The van der Waals surface area contributed by atoms with E-state index < -0.39 is 5.60 Å². The van der Waals surface area contributed by atoms with Crippen LogP contribution < -0.4 is 5.32 Å². The van der Waals surface area contributed by atoms with Crippen molar-refractivity contribution in [3.8, 4) is 0 Å². The number of aryl methyl sites for hydroxylation is 1. The highest BCUT2D eigenvalue weighted by molar-refractivity contribution is 6.30. The number of hydrogen-bond acceptors (Lipinski definition) is 3. The van der Waals surface area contributed by atoms with E-state index in [2.05, 4.69) is 5.32 Å². The molecule has 26 heavy (non-hydrogen) atoms. The van der Waals surface area contributed by atoms with Gasteiger partial charge in [-0.25, -0.2) is 4.79 Å². The number of rotatable bonds is 2. The summed E-state index contributed by atoms with van der Waals surface area (Å²) in [6.07, 6.45) is 2.91. The van der Waals surface area contributed by atoms with E-state index in [9.17, 15) is 9.59 Å². The predicted molar refractivity (Wildman–Crippen MR) is 101 cm³/mol. The van der Waals surface area contributed by atoms with Crippen LogP contribution >= 0.6 is 11.6 Å². The Morgan fingerprint density at radius 1 is 1.19 bits per heavy atom. The Kier molecular flexibility index (Phi) is 5.47. The first-order chi connectivity index (χ1) is 12.2.